The summed E-state index contributed by atoms with van der Waals surface area (Å²) in [4.78, 5) is 13.5. The minimum Gasteiger partial charge on any atom is -0.487 e. The maximum absolute atomic E-state index is 11.1. The Kier molecular flexibility index (Phi) is 4.50. The van der Waals surface area contributed by atoms with E-state index < -0.39 is 5.97 Å². The van der Waals surface area contributed by atoms with Gasteiger partial charge in [-0.1, -0.05) is 12.1 Å². The highest BCUT2D eigenvalue weighted by atomic mass is 32.2. The fraction of sp³-hybridized carbons (Fsp3) is 0.214. The van der Waals surface area contributed by atoms with E-state index in [-0.39, 0.29) is 4.88 Å². The molecule has 19 heavy (non-hydrogen) atoms. The summed E-state index contributed by atoms with van der Waals surface area (Å²) in [6, 6.07) is 9.81. The molecular weight excluding hydrogens is 280 g/mol. The molecule has 0 spiro atoms. The van der Waals surface area contributed by atoms with Crippen LogP contribution in [0.2, 0.25) is 0 Å². The van der Waals surface area contributed by atoms with E-state index in [1.54, 1.807) is 17.8 Å². The fourth-order valence-corrected chi connectivity index (χ4v) is 2.83. The first-order chi connectivity index (χ1) is 9.10. The molecule has 0 radical (unpaired) electrons. The van der Waals surface area contributed by atoms with Crippen LogP contribution < -0.4 is 4.74 Å². The van der Waals surface area contributed by atoms with Gasteiger partial charge in [-0.3, -0.25) is 0 Å². The Morgan fingerprint density at radius 1 is 1.37 bits per heavy atom. The number of carboxylic acid groups (broad SMARTS) is 1. The van der Waals surface area contributed by atoms with E-state index in [4.69, 9.17) is 9.84 Å². The van der Waals surface area contributed by atoms with E-state index >= 15 is 0 Å². The summed E-state index contributed by atoms with van der Waals surface area (Å²) in [7, 11) is 0. The van der Waals surface area contributed by atoms with E-state index in [1.165, 1.54) is 16.2 Å². The van der Waals surface area contributed by atoms with Gasteiger partial charge in [-0.25, -0.2) is 4.79 Å². The Morgan fingerprint density at radius 2 is 2.05 bits per heavy atom. The summed E-state index contributed by atoms with van der Waals surface area (Å²) in [5.74, 6) is -0.491. The number of aromatic carboxylic acids is 1. The molecule has 0 amide bonds. The summed E-state index contributed by atoms with van der Waals surface area (Å²) in [6.45, 7) is 2.25. The summed E-state index contributed by atoms with van der Waals surface area (Å²) in [5, 5.41) is 9.07. The van der Waals surface area contributed by atoms with Crippen LogP contribution >= 0.6 is 23.1 Å². The maximum Gasteiger partial charge on any atom is 0.349 e. The van der Waals surface area contributed by atoms with Crippen molar-refractivity contribution >= 4 is 29.1 Å². The number of aryl methyl sites for hydroxylation is 1. The molecular formula is C14H14O3S2. The van der Waals surface area contributed by atoms with Gasteiger partial charge in [-0.05, 0) is 36.9 Å². The van der Waals surface area contributed by atoms with Crippen molar-refractivity contribution < 1.29 is 14.6 Å². The van der Waals surface area contributed by atoms with E-state index in [0.717, 1.165) is 10.4 Å². The highest BCUT2D eigenvalue weighted by molar-refractivity contribution is 7.98. The van der Waals surface area contributed by atoms with E-state index in [1.807, 2.05) is 37.4 Å². The normalized spacial score (nSPS) is 10.4. The molecule has 5 heteroatoms. The highest BCUT2D eigenvalue weighted by Gasteiger charge is 2.15. The second-order valence-electron chi connectivity index (χ2n) is 3.99. The van der Waals surface area contributed by atoms with Gasteiger partial charge < -0.3 is 9.84 Å². The number of rotatable bonds is 5. The van der Waals surface area contributed by atoms with Crippen molar-refractivity contribution in [2.24, 2.45) is 0 Å². The lowest BCUT2D eigenvalue weighted by Gasteiger charge is -2.06. The molecule has 1 aromatic heterocycles. The first-order valence-electron chi connectivity index (χ1n) is 5.69. The molecule has 0 aliphatic rings. The van der Waals surface area contributed by atoms with Crippen molar-refractivity contribution in [1.82, 2.24) is 0 Å². The van der Waals surface area contributed by atoms with Crippen LogP contribution in [0.25, 0.3) is 0 Å². The smallest absolute Gasteiger partial charge is 0.349 e. The number of carboxylic acids is 1. The van der Waals surface area contributed by atoms with Gasteiger partial charge in [-0.2, -0.15) is 0 Å². The zero-order chi connectivity index (χ0) is 13.8. The first-order valence-corrected chi connectivity index (χ1v) is 7.73. The number of hydrogen-bond acceptors (Lipinski definition) is 4. The zero-order valence-corrected chi connectivity index (χ0v) is 12.3. The van der Waals surface area contributed by atoms with Gasteiger partial charge in [0.25, 0.3) is 0 Å². The molecule has 0 aliphatic carbocycles. The molecule has 1 aromatic carbocycles. The SMILES string of the molecule is CSc1ccc(COc2cc(C)sc2C(=O)O)cc1. The lowest BCUT2D eigenvalue weighted by Crippen LogP contribution is -2.00. The van der Waals surface area contributed by atoms with E-state index in [0.29, 0.717) is 12.4 Å². The van der Waals surface area contributed by atoms with Gasteiger partial charge in [-0.15, -0.1) is 23.1 Å². The standard InChI is InChI=1S/C14H14O3S2/c1-9-7-12(13(19-9)14(15)16)17-8-10-3-5-11(18-2)6-4-10/h3-7H,8H2,1-2H3,(H,15,16). The highest BCUT2D eigenvalue weighted by Crippen LogP contribution is 2.29. The molecule has 0 saturated heterocycles. The van der Waals surface area contributed by atoms with Gasteiger partial charge in [0, 0.05) is 9.77 Å². The van der Waals surface area contributed by atoms with Crippen molar-refractivity contribution in [1.29, 1.82) is 0 Å². The Labute approximate surface area is 120 Å². The summed E-state index contributed by atoms with van der Waals surface area (Å²) >= 11 is 2.92. The topological polar surface area (TPSA) is 46.5 Å². The lowest BCUT2D eigenvalue weighted by atomic mass is 10.2. The largest absolute Gasteiger partial charge is 0.487 e. The molecule has 0 aliphatic heterocycles. The van der Waals surface area contributed by atoms with Crippen molar-refractivity contribution in [2.75, 3.05) is 6.26 Å². The number of hydrogen-bond donors (Lipinski definition) is 1. The minimum atomic E-state index is -0.939. The van der Waals surface area contributed by atoms with Crippen LogP contribution in [-0.4, -0.2) is 17.3 Å². The molecule has 100 valence electrons. The van der Waals surface area contributed by atoms with Crippen molar-refractivity contribution in [3.8, 4) is 5.75 Å². The molecule has 2 aromatic rings. The molecule has 3 nitrogen and oxygen atoms in total. The fourth-order valence-electron chi connectivity index (χ4n) is 1.63. The summed E-state index contributed by atoms with van der Waals surface area (Å²) < 4.78 is 5.60. The lowest BCUT2D eigenvalue weighted by molar-refractivity contribution is 0.0697. The van der Waals surface area contributed by atoms with Gasteiger partial charge in [0.1, 0.15) is 12.4 Å². The third-order valence-corrected chi connectivity index (χ3v) is 4.33. The van der Waals surface area contributed by atoms with Crippen LogP contribution in [0.3, 0.4) is 0 Å². The van der Waals surface area contributed by atoms with Crippen LogP contribution in [-0.2, 0) is 6.61 Å². The third-order valence-electron chi connectivity index (χ3n) is 2.57. The van der Waals surface area contributed by atoms with Crippen molar-refractivity contribution in [2.45, 2.75) is 18.4 Å². The summed E-state index contributed by atoms with van der Waals surface area (Å²) in [5.41, 5.74) is 1.03. The van der Waals surface area contributed by atoms with Crippen LogP contribution in [0.5, 0.6) is 5.75 Å². The Balaban J connectivity index is 2.07. The molecule has 0 fully saturated rings. The van der Waals surface area contributed by atoms with Crippen LogP contribution in [0.15, 0.2) is 35.2 Å². The van der Waals surface area contributed by atoms with Crippen LogP contribution in [0, 0.1) is 6.92 Å². The molecule has 0 atom stereocenters. The minimum absolute atomic E-state index is 0.262. The average Bonchev–Trinajstić information content (AvgIpc) is 2.78. The predicted octanol–water partition coefficient (Wildman–Crippen LogP) is 4.06. The number of ether oxygens (including phenoxy) is 1. The number of thioether (sulfide) groups is 1. The second-order valence-corrected chi connectivity index (χ2v) is 6.13. The van der Waals surface area contributed by atoms with E-state index in [2.05, 4.69) is 0 Å². The van der Waals surface area contributed by atoms with Gasteiger partial charge in [0.2, 0.25) is 0 Å². The van der Waals surface area contributed by atoms with E-state index in [9.17, 15) is 4.79 Å². The molecule has 0 unspecified atom stereocenters. The van der Waals surface area contributed by atoms with Crippen molar-refractivity contribution in [3.63, 3.8) is 0 Å². The number of benzene rings is 1. The Morgan fingerprint density at radius 3 is 2.63 bits per heavy atom. The quantitative estimate of drug-likeness (QED) is 0.845. The van der Waals surface area contributed by atoms with Crippen LogP contribution in [0.1, 0.15) is 20.1 Å². The molecule has 1 N–H and O–H groups in total. The number of thiophene rings is 1. The average molecular weight is 294 g/mol. The Bertz CT molecular complexity index is 573. The third kappa shape index (κ3) is 3.52. The number of carbonyl (C=O) groups is 1. The van der Waals surface area contributed by atoms with Gasteiger partial charge >= 0.3 is 5.97 Å². The van der Waals surface area contributed by atoms with Gasteiger partial charge in [0.15, 0.2) is 4.88 Å². The Hall–Kier alpha value is -1.46. The zero-order valence-electron chi connectivity index (χ0n) is 10.7. The monoisotopic (exact) mass is 294 g/mol. The first kappa shape index (κ1) is 14.0. The second kappa shape index (κ2) is 6.12. The molecule has 0 bridgehead atoms. The molecule has 2 rings (SSSR count). The van der Waals surface area contributed by atoms with Crippen molar-refractivity contribution in [3.05, 3.63) is 45.6 Å². The van der Waals surface area contributed by atoms with Crippen LogP contribution in [0.4, 0.5) is 0 Å². The van der Waals surface area contributed by atoms with Gasteiger partial charge in [0.05, 0.1) is 0 Å². The predicted molar refractivity (Wildman–Crippen MR) is 78.6 cm³/mol. The molecule has 0 saturated carbocycles. The maximum atomic E-state index is 11.1. The summed E-state index contributed by atoms with van der Waals surface area (Å²) in [6.07, 6.45) is 2.03. The molecule has 1 heterocycles.